The molecule has 1 rings (SSSR count). The Morgan fingerprint density at radius 1 is 1.82 bits per heavy atom. The summed E-state index contributed by atoms with van der Waals surface area (Å²) in [5, 5.41) is 0. The zero-order valence-electron chi connectivity index (χ0n) is 5.74. The Balaban J connectivity index is 2.73. The van der Waals surface area contributed by atoms with Gasteiger partial charge in [0.25, 0.3) is 5.91 Å². The Kier molecular flexibility index (Phi) is 2.24. The molecule has 3 nitrogen and oxygen atoms in total. The van der Waals surface area contributed by atoms with E-state index >= 15 is 0 Å². The molecule has 0 radical (unpaired) electrons. The maximum Gasteiger partial charge on any atom is 0.293 e. The molecule has 1 aromatic heterocycles. The fourth-order valence-electron chi connectivity index (χ4n) is 0.629. The molecule has 0 aliphatic heterocycles. The second-order valence-electron chi connectivity index (χ2n) is 1.81. The van der Waals surface area contributed by atoms with E-state index in [2.05, 4.69) is 15.9 Å². The first-order chi connectivity index (χ1) is 5.34. The number of carbonyl (C=O) groups excluding carboxylic acids is 1. The van der Waals surface area contributed by atoms with E-state index in [-0.39, 0.29) is 5.91 Å². The number of amides is 1. The van der Waals surface area contributed by atoms with Crippen molar-refractivity contribution in [3.8, 4) is 12.3 Å². The van der Waals surface area contributed by atoms with E-state index < -0.39 is 0 Å². The van der Waals surface area contributed by atoms with E-state index in [0.717, 1.165) is 6.21 Å². The van der Waals surface area contributed by atoms with Crippen LogP contribution in [0.4, 0.5) is 0 Å². The first-order valence-corrected chi connectivity index (χ1v) is 3.01. The van der Waals surface area contributed by atoms with Crippen molar-refractivity contribution in [1.29, 1.82) is 0 Å². The SMILES string of the molecule is C#CC=NC(=O)c1ccc[nH]1. The van der Waals surface area contributed by atoms with Crippen molar-refractivity contribution in [2.45, 2.75) is 0 Å². The molecule has 1 heterocycles. The van der Waals surface area contributed by atoms with E-state index in [0.29, 0.717) is 5.69 Å². The number of hydrogen-bond acceptors (Lipinski definition) is 1. The molecule has 0 saturated heterocycles. The molecule has 0 spiro atoms. The lowest BCUT2D eigenvalue weighted by Gasteiger charge is -1.84. The van der Waals surface area contributed by atoms with E-state index in [1.807, 2.05) is 0 Å². The van der Waals surface area contributed by atoms with Crippen molar-refractivity contribution < 1.29 is 4.79 Å². The monoisotopic (exact) mass is 146 g/mol. The van der Waals surface area contributed by atoms with Gasteiger partial charge < -0.3 is 4.98 Å². The highest BCUT2D eigenvalue weighted by Gasteiger charge is 2.00. The quantitative estimate of drug-likeness (QED) is 0.463. The lowest BCUT2D eigenvalue weighted by molar-refractivity contribution is 0.0999. The number of nitrogens with zero attached hydrogens (tertiary/aromatic N) is 1. The molecule has 0 aliphatic rings. The first kappa shape index (κ1) is 7.29. The van der Waals surface area contributed by atoms with Gasteiger partial charge in [-0.2, -0.15) is 0 Å². The maximum atomic E-state index is 10.9. The smallest absolute Gasteiger partial charge is 0.293 e. The summed E-state index contributed by atoms with van der Waals surface area (Å²) >= 11 is 0. The van der Waals surface area contributed by atoms with E-state index in [4.69, 9.17) is 6.42 Å². The largest absolute Gasteiger partial charge is 0.357 e. The fourth-order valence-corrected chi connectivity index (χ4v) is 0.629. The molecule has 0 aromatic carbocycles. The Morgan fingerprint density at radius 3 is 3.18 bits per heavy atom. The van der Waals surface area contributed by atoms with Crippen molar-refractivity contribution >= 4 is 12.1 Å². The van der Waals surface area contributed by atoms with Crippen LogP contribution >= 0.6 is 0 Å². The van der Waals surface area contributed by atoms with Gasteiger partial charge in [-0.3, -0.25) is 4.79 Å². The molecular formula is C8H6N2O. The van der Waals surface area contributed by atoms with Gasteiger partial charge in [0.2, 0.25) is 0 Å². The molecule has 0 saturated carbocycles. The lowest BCUT2D eigenvalue weighted by atomic mass is 10.4. The van der Waals surface area contributed by atoms with Gasteiger partial charge in [0.05, 0.1) is 6.21 Å². The molecule has 3 heteroatoms. The third kappa shape index (κ3) is 1.80. The third-order valence-electron chi connectivity index (χ3n) is 1.08. The predicted octanol–water partition coefficient (Wildman–Crippen LogP) is 0.859. The minimum atomic E-state index is -0.354. The lowest BCUT2D eigenvalue weighted by Crippen LogP contribution is -1.94. The van der Waals surface area contributed by atoms with Crippen LogP contribution in [0, 0.1) is 12.3 Å². The molecule has 0 aliphatic carbocycles. The Morgan fingerprint density at radius 2 is 2.64 bits per heavy atom. The normalized spacial score (nSPS) is 9.73. The van der Waals surface area contributed by atoms with Crippen molar-refractivity contribution in [1.82, 2.24) is 4.98 Å². The summed E-state index contributed by atoms with van der Waals surface area (Å²) in [7, 11) is 0. The predicted molar refractivity (Wildman–Crippen MR) is 42.4 cm³/mol. The van der Waals surface area contributed by atoms with Crippen LogP contribution in [0.25, 0.3) is 0 Å². The van der Waals surface area contributed by atoms with Crippen LogP contribution in [0.5, 0.6) is 0 Å². The number of aliphatic imine (C=N–C) groups is 1. The zero-order valence-corrected chi connectivity index (χ0v) is 5.74. The van der Waals surface area contributed by atoms with E-state index in [1.165, 1.54) is 0 Å². The summed E-state index contributed by atoms with van der Waals surface area (Å²) in [6, 6.07) is 3.36. The fraction of sp³-hybridized carbons (Fsp3) is 0. The standard InChI is InChI=1S/C8H6N2O/c1-2-5-10-8(11)7-4-3-6-9-7/h1,3-6,9H. The highest BCUT2D eigenvalue weighted by atomic mass is 16.1. The molecule has 0 fully saturated rings. The first-order valence-electron chi connectivity index (χ1n) is 3.01. The van der Waals surface area contributed by atoms with Crippen LogP contribution in [0.1, 0.15) is 10.5 Å². The van der Waals surface area contributed by atoms with Gasteiger partial charge in [-0.05, 0) is 12.1 Å². The number of H-pyrrole nitrogens is 1. The number of rotatable bonds is 1. The van der Waals surface area contributed by atoms with E-state index in [9.17, 15) is 4.79 Å². The molecule has 0 bridgehead atoms. The van der Waals surface area contributed by atoms with Gasteiger partial charge in [-0.15, -0.1) is 6.42 Å². The number of nitrogens with one attached hydrogen (secondary N) is 1. The highest BCUT2D eigenvalue weighted by Crippen LogP contribution is 1.95. The van der Waals surface area contributed by atoms with Gasteiger partial charge in [-0.1, -0.05) is 5.92 Å². The van der Waals surface area contributed by atoms with Crippen LogP contribution < -0.4 is 0 Å². The summed E-state index contributed by atoms with van der Waals surface area (Å²) in [4.78, 5) is 17.1. The summed E-state index contributed by atoms with van der Waals surface area (Å²) in [5.74, 6) is 1.78. The molecule has 0 unspecified atom stereocenters. The van der Waals surface area contributed by atoms with E-state index in [1.54, 1.807) is 18.3 Å². The number of hydrogen-bond donors (Lipinski definition) is 1. The zero-order chi connectivity index (χ0) is 8.10. The van der Waals surface area contributed by atoms with Crippen molar-refractivity contribution in [2.24, 2.45) is 4.99 Å². The van der Waals surface area contributed by atoms with Gasteiger partial charge in [-0.25, -0.2) is 4.99 Å². The van der Waals surface area contributed by atoms with Gasteiger partial charge in [0.15, 0.2) is 0 Å². The number of aromatic amines is 1. The molecule has 1 N–H and O–H groups in total. The van der Waals surface area contributed by atoms with Gasteiger partial charge >= 0.3 is 0 Å². The maximum absolute atomic E-state index is 10.9. The highest BCUT2D eigenvalue weighted by molar-refractivity contribution is 6.00. The molecule has 1 aromatic rings. The van der Waals surface area contributed by atoms with Gasteiger partial charge in [0.1, 0.15) is 5.69 Å². The van der Waals surface area contributed by atoms with Crippen molar-refractivity contribution in [2.75, 3.05) is 0 Å². The summed E-state index contributed by atoms with van der Waals surface area (Å²) < 4.78 is 0. The number of terminal acetylenes is 1. The topological polar surface area (TPSA) is 45.2 Å². The molecular weight excluding hydrogens is 140 g/mol. The Labute approximate surface area is 64.2 Å². The second kappa shape index (κ2) is 3.37. The molecule has 1 amide bonds. The average Bonchev–Trinajstić information content (AvgIpc) is 2.52. The summed E-state index contributed by atoms with van der Waals surface area (Å²) in [5.41, 5.74) is 0.441. The second-order valence-corrected chi connectivity index (χ2v) is 1.81. The van der Waals surface area contributed by atoms with Crippen molar-refractivity contribution in [3.05, 3.63) is 24.0 Å². The molecule has 11 heavy (non-hydrogen) atoms. The minimum absolute atomic E-state index is 0.354. The van der Waals surface area contributed by atoms with Crippen LogP contribution in [0.15, 0.2) is 23.3 Å². The average molecular weight is 146 g/mol. The minimum Gasteiger partial charge on any atom is -0.357 e. The molecule has 0 atom stereocenters. The van der Waals surface area contributed by atoms with Crippen LogP contribution in [0.3, 0.4) is 0 Å². The van der Waals surface area contributed by atoms with Gasteiger partial charge in [0, 0.05) is 6.20 Å². The Hall–Kier alpha value is -1.82. The third-order valence-corrected chi connectivity index (χ3v) is 1.08. The summed E-state index contributed by atoms with van der Waals surface area (Å²) in [6.07, 6.45) is 7.65. The van der Waals surface area contributed by atoms with Crippen molar-refractivity contribution in [3.63, 3.8) is 0 Å². The number of carbonyl (C=O) groups is 1. The Bertz CT molecular complexity index is 303. The molecule has 54 valence electrons. The summed E-state index contributed by atoms with van der Waals surface area (Å²) in [6.45, 7) is 0. The number of aromatic nitrogens is 1. The van der Waals surface area contributed by atoms with Crippen LogP contribution in [0.2, 0.25) is 0 Å². The van der Waals surface area contributed by atoms with Crippen LogP contribution in [-0.4, -0.2) is 17.1 Å². The van der Waals surface area contributed by atoms with Crippen LogP contribution in [-0.2, 0) is 0 Å².